The Morgan fingerprint density at radius 2 is 2.12 bits per heavy atom. The van der Waals surface area contributed by atoms with Crippen LogP contribution in [0.5, 0.6) is 0 Å². The number of nitrogens with one attached hydrogen (secondary N) is 1. The van der Waals surface area contributed by atoms with Gasteiger partial charge in [-0.15, -0.1) is 0 Å². The van der Waals surface area contributed by atoms with Crippen LogP contribution in [0.1, 0.15) is 25.6 Å². The maximum Gasteiger partial charge on any atom is 0.306 e. The van der Waals surface area contributed by atoms with Crippen molar-refractivity contribution in [2.24, 2.45) is 16.5 Å². The van der Waals surface area contributed by atoms with E-state index in [4.69, 9.17) is 30.8 Å². The summed E-state index contributed by atoms with van der Waals surface area (Å²) in [6, 6.07) is 2.37. The zero-order valence-electron chi connectivity index (χ0n) is 18.5. The molecule has 3 rings (SSSR count). The number of halogens is 2. The number of hydrogen-bond donors (Lipinski definition) is 3. The zero-order valence-corrected chi connectivity index (χ0v) is 18.5. The van der Waals surface area contributed by atoms with Crippen molar-refractivity contribution < 1.29 is 22.7 Å². The molecule has 1 atom stereocenters. The zero-order chi connectivity index (χ0) is 24.2. The van der Waals surface area contributed by atoms with Gasteiger partial charge in [-0.05, 0) is 32.1 Å². The number of amidine groups is 2. The van der Waals surface area contributed by atoms with Crippen molar-refractivity contribution >= 4 is 17.5 Å². The lowest BCUT2D eigenvalue weighted by Gasteiger charge is -2.24. The first-order valence-corrected chi connectivity index (χ1v) is 10.0. The highest BCUT2D eigenvalue weighted by Gasteiger charge is 2.24. The quantitative estimate of drug-likeness (QED) is 0.255. The van der Waals surface area contributed by atoms with E-state index in [1.165, 1.54) is 24.5 Å². The Morgan fingerprint density at radius 1 is 1.36 bits per heavy atom. The highest BCUT2D eigenvalue weighted by molar-refractivity contribution is 6.03. The largest absolute Gasteiger partial charge is 0.432 e. The summed E-state index contributed by atoms with van der Waals surface area (Å²) >= 11 is 0. The smallest absolute Gasteiger partial charge is 0.306 e. The van der Waals surface area contributed by atoms with E-state index < -0.39 is 23.3 Å². The number of fused-ring (bicyclic) bond motifs is 1. The average molecular weight is 460 g/mol. The summed E-state index contributed by atoms with van der Waals surface area (Å²) in [5.74, 6) is -1.34. The van der Waals surface area contributed by atoms with Gasteiger partial charge in [0.05, 0.1) is 24.9 Å². The fourth-order valence-electron chi connectivity index (χ4n) is 3.04. The Kier molecular flexibility index (Phi) is 7.36. The predicted octanol–water partition coefficient (Wildman–Crippen LogP) is 3.20. The first kappa shape index (κ1) is 24.2. The van der Waals surface area contributed by atoms with E-state index in [2.05, 4.69) is 9.98 Å². The number of ether oxygens (including phenoxy) is 2. The maximum atomic E-state index is 14.4. The molecule has 0 radical (unpaired) electrons. The Balaban J connectivity index is 1.85. The Morgan fingerprint density at radius 3 is 2.82 bits per heavy atom. The van der Waals surface area contributed by atoms with Gasteiger partial charge in [0.1, 0.15) is 40.9 Å². The van der Waals surface area contributed by atoms with Gasteiger partial charge in [-0.3, -0.25) is 9.81 Å². The molecule has 3 aromatic rings. The van der Waals surface area contributed by atoms with Crippen LogP contribution < -0.4 is 11.5 Å². The molecule has 0 fully saturated rings. The van der Waals surface area contributed by atoms with Crippen LogP contribution in [0, 0.1) is 17.0 Å². The molecule has 0 bridgehead atoms. The maximum absolute atomic E-state index is 14.4. The molecule has 1 unspecified atom stereocenters. The normalized spacial score (nSPS) is 13.8. The molecule has 9 nitrogen and oxygen atoms in total. The average Bonchev–Trinajstić information content (AvgIpc) is 3.33. The fourth-order valence-corrected chi connectivity index (χ4v) is 3.04. The minimum absolute atomic E-state index is 0.0708. The lowest BCUT2D eigenvalue weighted by atomic mass is 10.0. The molecule has 176 valence electrons. The molecule has 0 aliphatic heterocycles. The molecule has 11 heteroatoms. The molecule has 33 heavy (non-hydrogen) atoms. The number of aromatic nitrogens is 2. The number of imidazole rings is 1. The first-order valence-electron chi connectivity index (χ1n) is 10.0. The van der Waals surface area contributed by atoms with Crippen molar-refractivity contribution in [2.75, 3.05) is 20.3 Å². The molecule has 2 aromatic heterocycles. The van der Waals surface area contributed by atoms with Crippen molar-refractivity contribution in [3.05, 3.63) is 60.1 Å². The van der Waals surface area contributed by atoms with Crippen molar-refractivity contribution in [2.45, 2.75) is 25.5 Å². The second kappa shape index (κ2) is 10.0. The number of aliphatic imine (C=N–C) groups is 1. The van der Waals surface area contributed by atoms with E-state index in [0.29, 0.717) is 18.9 Å². The summed E-state index contributed by atoms with van der Waals surface area (Å²) in [5, 5.41) is 8.11. The third-order valence-electron chi connectivity index (χ3n) is 4.87. The summed E-state index contributed by atoms with van der Waals surface area (Å²) in [4.78, 5) is 8.35. The summed E-state index contributed by atoms with van der Waals surface area (Å²) in [6.45, 7) is 4.18. The Bertz CT molecular complexity index is 1200. The third kappa shape index (κ3) is 5.51. The number of nitrogens with two attached hydrogens (primary N) is 2. The number of nitrogens with zero attached hydrogens (tertiary/aromatic N) is 3. The van der Waals surface area contributed by atoms with Crippen LogP contribution in [0.2, 0.25) is 0 Å². The lowest BCUT2D eigenvalue weighted by molar-refractivity contribution is 0.00211. The van der Waals surface area contributed by atoms with Crippen LogP contribution in [0.25, 0.3) is 17.1 Å². The summed E-state index contributed by atoms with van der Waals surface area (Å²) in [5.41, 5.74) is 12.1. The van der Waals surface area contributed by atoms with Crippen molar-refractivity contribution in [1.29, 1.82) is 5.41 Å². The van der Waals surface area contributed by atoms with Crippen molar-refractivity contribution in [3.63, 3.8) is 0 Å². The van der Waals surface area contributed by atoms with Crippen molar-refractivity contribution in [3.8, 4) is 11.3 Å². The molecule has 1 aromatic carbocycles. The van der Waals surface area contributed by atoms with E-state index in [1.54, 1.807) is 31.6 Å². The first-order chi connectivity index (χ1) is 15.6. The van der Waals surface area contributed by atoms with E-state index in [9.17, 15) is 8.78 Å². The van der Waals surface area contributed by atoms with Gasteiger partial charge >= 0.3 is 5.84 Å². The number of rotatable bonds is 9. The molecule has 0 saturated heterocycles. The van der Waals surface area contributed by atoms with Crippen LogP contribution in [-0.4, -0.2) is 47.0 Å². The molecule has 0 aliphatic carbocycles. The molecule has 0 saturated carbocycles. The van der Waals surface area contributed by atoms with E-state index in [-0.39, 0.29) is 28.8 Å². The molecular formula is C22H26F2N6O3. The van der Waals surface area contributed by atoms with Gasteiger partial charge in [0.25, 0.3) is 0 Å². The molecule has 2 heterocycles. The molecule has 0 spiro atoms. The summed E-state index contributed by atoms with van der Waals surface area (Å²) in [6.07, 6.45) is 5.86. The monoisotopic (exact) mass is 460 g/mol. The number of methoxy groups -OCH3 is 1. The minimum Gasteiger partial charge on any atom is -0.432 e. The summed E-state index contributed by atoms with van der Waals surface area (Å²) < 4.78 is 45.2. The second-order valence-electron chi connectivity index (χ2n) is 7.64. The predicted molar refractivity (Wildman–Crippen MR) is 120 cm³/mol. The molecular weight excluding hydrogens is 434 g/mol. The molecule has 5 N–H and O–H groups in total. The molecule has 0 amide bonds. The van der Waals surface area contributed by atoms with Gasteiger partial charge in [-0.1, -0.05) is 6.08 Å². The van der Waals surface area contributed by atoms with Gasteiger partial charge < -0.3 is 25.4 Å². The summed E-state index contributed by atoms with van der Waals surface area (Å²) in [7, 11) is 1.56. The Labute approximate surface area is 189 Å². The van der Waals surface area contributed by atoms with Gasteiger partial charge in [0, 0.05) is 24.9 Å². The standard InChI is InChI=1S/C22H26F2N6O3/c1-22(2,33-11-10-31-3)20(27)28-17(26)7-6-16(25)19-18(29-21-30(19)8-9-32-21)14-5-4-13(23)12-15(14)24/h4-9,12,16H,10-11,25H2,1-3H3,(H3,26,27,28)/b7-6-. The van der Waals surface area contributed by atoms with Gasteiger partial charge in [-0.2, -0.15) is 4.98 Å². The lowest BCUT2D eigenvalue weighted by Crippen LogP contribution is -2.42. The van der Waals surface area contributed by atoms with Crippen molar-refractivity contribution in [1.82, 2.24) is 9.38 Å². The van der Waals surface area contributed by atoms with E-state index >= 15 is 0 Å². The van der Waals surface area contributed by atoms with Gasteiger partial charge in [0.15, 0.2) is 0 Å². The van der Waals surface area contributed by atoms with Crippen LogP contribution in [0.15, 0.2) is 52.2 Å². The van der Waals surface area contributed by atoms with Gasteiger partial charge in [-0.25, -0.2) is 13.8 Å². The van der Waals surface area contributed by atoms with Crippen LogP contribution >= 0.6 is 0 Å². The topological polar surface area (TPSA) is 137 Å². The van der Waals surface area contributed by atoms with Crippen LogP contribution in [-0.2, 0) is 9.47 Å². The highest BCUT2D eigenvalue weighted by Crippen LogP contribution is 2.31. The van der Waals surface area contributed by atoms with Crippen LogP contribution in [0.3, 0.4) is 0 Å². The highest BCUT2D eigenvalue weighted by atomic mass is 19.1. The van der Waals surface area contributed by atoms with Gasteiger partial charge in [0.2, 0.25) is 0 Å². The van der Waals surface area contributed by atoms with Crippen LogP contribution in [0.4, 0.5) is 8.78 Å². The van der Waals surface area contributed by atoms with E-state index in [1.807, 2.05) is 0 Å². The third-order valence-corrected chi connectivity index (χ3v) is 4.87. The minimum atomic E-state index is -0.900. The number of benzene rings is 1. The fraction of sp³-hybridized carbons (Fsp3) is 0.318. The number of hydrogen-bond acceptors (Lipinski definition) is 6. The Hall–Kier alpha value is -3.41. The number of oxazole rings is 1. The van der Waals surface area contributed by atoms with E-state index in [0.717, 1.165) is 12.1 Å². The SMILES string of the molecule is COCCOC(C)(C)C(N)=NC(=N)/C=C\C(N)c1c(-c2ccc(F)cc2F)nc2occn12. The second-order valence-corrected chi connectivity index (χ2v) is 7.64. The molecule has 0 aliphatic rings.